The number of methoxy groups -OCH3 is 1. The quantitative estimate of drug-likeness (QED) is 0.635. The van der Waals surface area contributed by atoms with E-state index in [1.165, 1.54) is 0 Å². The molecule has 0 saturated heterocycles. The van der Waals surface area contributed by atoms with Gasteiger partial charge in [-0.25, -0.2) is 0 Å². The van der Waals surface area contributed by atoms with Gasteiger partial charge in [0, 0.05) is 24.0 Å². The zero-order valence-electron chi connectivity index (χ0n) is 15.6. The van der Waals surface area contributed by atoms with E-state index in [0.717, 1.165) is 11.4 Å². The Kier molecular flexibility index (Phi) is 6.24. The molecule has 0 bridgehead atoms. The fourth-order valence-electron chi connectivity index (χ4n) is 2.48. The van der Waals surface area contributed by atoms with E-state index in [-0.39, 0.29) is 5.91 Å². The van der Waals surface area contributed by atoms with Crippen LogP contribution in [0.2, 0.25) is 0 Å². The number of nitrogens with one attached hydrogen (secondary N) is 1. The minimum Gasteiger partial charge on any atom is -0.497 e. The molecule has 0 unspecified atom stereocenters. The van der Waals surface area contributed by atoms with E-state index in [1.54, 1.807) is 60.5 Å². The Hall–Kier alpha value is -3.38. The molecular weight excluding hydrogens is 372 g/mol. The molecule has 6 heteroatoms. The molecule has 1 amide bonds. The molecule has 0 heterocycles. The van der Waals surface area contributed by atoms with Crippen molar-refractivity contribution in [2.75, 3.05) is 24.4 Å². The largest absolute Gasteiger partial charge is 0.497 e. The van der Waals surface area contributed by atoms with Gasteiger partial charge in [-0.05, 0) is 72.9 Å². The first-order valence-electron chi connectivity index (χ1n) is 8.63. The van der Waals surface area contributed by atoms with Crippen LogP contribution in [0.5, 0.6) is 11.5 Å². The lowest BCUT2D eigenvalue weighted by Gasteiger charge is -2.19. The molecule has 3 aromatic carbocycles. The van der Waals surface area contributed by atoms with E-state index in [0.29, 0.717) is 22.2 Å². The van der Waals surface area contributed by atoms with Crippen LogP contribution in [0.4, 0.5) is 11.4 Å². The Labute approximate surface area is 169 Å². The van der Waals surface area contributed by atoms with Gasteiger partial charge in [0.1, 0.15) is 11.5 Å². The zero-order chi connectivity index (χ0) is 19.9. The smallest absolute Gasteiger partial charge is 0.269 e. The monoisotopic (exact) mass is 392 g/mol. The van der Waals surface area contributed by atoms with Crippen molar-refractivity contribution < 1.29 is 14.3 Å². The molecule has 0 saturated carbocycles. The predicted molar refractivity (Wildman–Crippen MR) is 115 cm³/mol. The third kappa shape index (κ3) is 4.86. The standard InChI is InChI=1S/C22H20N2O3S/c1-24(18-6-4-3-5-7-18)22(28)27-20-12-8-16(9-13-20)21(25)23-17-10-14-19(26-2)15-11-17/h3-15H,1-2H3,(H,23,25). The van der Waals surface area contributed by atoms with Crippen LogP contribution in [-0.4, -0.2) is 25.2 Å². The van der Waals surface area contributed by atoms with E-state index in [1.807, 2.05) is 37.4 Å². The molecule has 1 N–H and O–H groups in total. The van der Waals surface area contributed by atoms with Gasteiger partial charge in [-0.15, -0.1) is 0 Å². The Morgan fingerprint density at radius 3 is 2.11 bits per heavy atom. The van der Waals surface area contributed by atoms with Crippen molar-refractivity contribution in [1.29, 1.82) is 0 Å². The van der Waals surface area contributed by atoms with Gasteiger partial charge in [0.2, 0.25) is 0 Å². The average Bonchev–Trinajstić information content (AvgIpc) is 2.74. The molecule has 0 atom stereocenters. The highest BCUT2D eigenvalue weighted by Gasteiger charge is 2.10. The van der Waals surface area contributed by atoms with Crippen LogP contribution in [-0.2, 0) is 0 Å². The summed E-state index contributed by atoms with van der Waals surface area (Å²) in [4.78, 5) is 14.2. The van der Waals surface area contributed by atoms with Crippen LogP contribution in [0.1, 0.15) is 10.4 Å². The lowest BCUT2D eigenvalue weighted by atomic mass is 10.2. The molecule has 0 aromatic heterocycles. The second-order valence-corrected chi connectivity index (χ2v) is 6.32. The number of anilines is 2. The first-order valence-corrected chi connectivity index (χ1v) is 9.03. The average molecular weight is 392 g/mol. The van der Waals surface area contributed by atoms with Crippen molar-refractivity contribution in [3.05, 3.63) is 84.4 Å². The first-order chi connectivity index (χ1) is 13.6. The highest BCUT2D eigenvalue weighted by Crippen LogP contribution is 2.19. The highest BCUT2D eigenvalue weighted by atomic mass is 32.1. The first kappa shape index (κ1) is 19.4. The van der Waals surface area contributed by atoms with Crippen LogP contribution in [0.25, 0.3) is 0 Å². The summed E-state index contributed by atoms with van der Waals surface area (Å²) in [6.07, 6.45) is 0. The maximum atomic E-state index is 12.4. The van der Waals surface area contributed by atoms with Crippen molar-refractivity contribution in [1.82, 2.24) is 0 Å². The Balaban J connectivity index is 1.60. The Bertz CT molecular complexity index is 942. The molecule has 0 aliphatic heterocycles. The molecule has 0 spiro atoms. The third-order valence-corrected chi connectivity index (χ3v) is 4.44. The maximum absolute atomic E-state index is 12.4. The summed E-state index contributed by atoms with van der Waals surface area (Å²) >= 11 is 5.35. The fraction of sp³-hybridized carbons (Fsp3) is 0.0909. The summed E-state index contributed by atoms with van der Waals surface area (Å²) in [7, 11) is 3.44. The number of carbonyl (C=O) groups is 1. The number of hydrogen-bond donors (Lipinski definition) is 1. The minimum absolute atomic E-state index is 0.208. The predicted octanol–water partition coefficient (Wildman–Crippen LogP) is 4.75. The second-order valence-electron chi connectivity index (χ2n) is 5.97. The zero-order valence-corrected chi connectivity index (χ0v) is 16.4. The molecule has 0 fully saturated rings. The van der Waals surface area contributed by atoms with E-state index in [2.05, 4.69) is 5.32 Å². The van der Waals surface area contributed by atoms with Gasteiger partial charge in [-0.1, -0.05) is 18.2 Å². The van der Waals surface area contributed by atoms with Crippen LogP contribution in [0.15, 0.2) is 78.9 Å². The molecule has 0 aliphatic carbocycles. The van der Waals surface area contributed by atoms with Crippen molar-refractivity contribution in [2.24, 2.45) is 0 Å². The summed E-state index contributed by atoms with van der Waals surface area (Å²) in [5.74, 6) is 1.09. The molecule has 3 aromatic rings. The van der Waals surface area contributed by atoms with Gasteiger partial charge in [-0.2, -0.15) is 0 Å². The fourth-order valence-corrected chi connectivity index (χ4v) is 2.68. The second kappa shape index (κ2) is 9.01. The summed E-state index contributed by atoms with van der Waals surface area (Å²) in [6, 6.07) is 23.7. The van der Waals surface area contributed by atoms with Gasteiger partial charge in [0.25, 0.3) is 11.1 Å². The van der Waals surface area contributed by atoms with Crippen molar-refractivity contribution in [2.45, 2.75) is 0 Å². The third-order valence-electron chi connectivity index (χ3n) is 4.09. The molecule has 5 nitrogen and oxygen atoms in total. The van der Waals surface area contributed by atoms with Crippen LogP contribution < -0.4 is 19.7 Å². The molecule has 0 radical (unpaired) electrons. The van der Waals surface area contributed by atoms with Crippen LogP contribution in [0.3, 0.4) is 0 Å². The van der Waals surface area contributed by atoms with E-state index < -0.39 is 0 Å². The SMILES string of the molecule is COc1ccc(NC(=O)c2ccc(OC(=S)N(C)c3ccccc3)cc2)cc1. The van der Waals surface area contributed by atoms with E-state index in [4.69, 9.17) is 21.7 Å². The number of nitrogens with zero attached hydrogens (tertiary/aromatic N) is 1. The Morgan fingerprint density at radius 1 is 0.893 bits per heavy atom. The lowest BCUT2D eigenvalue weighted by molar-refractivity contribution is 0.102. The summed E-state index contributed by atoms with van der Waals surface area (Å²) in [5.41, 5.74) is 2.14. The summed E-state index contributed by atoms with van der Waals surface area (Å²) < 4.78 is 10.8. The maximum Gasteiger partial charge on any atom is 0.269 e. The van der Waals surface area contributed by atoms with Gasteiger partial charge in [-0.3, -0.25) is 4.79 Å². The molecule has 28 heavy (non-hydrogen) atoms. The molecular formula is C22H20N2O3S. The number of carbonyl (C=O) groups excluding carboxylic acids is 1. The summed E-state index contributed by atoms with van der Waals surface area (Å²) in [6.45, 7) is 0. The van der Waals surface area contributed by atoms with Gasteiger partial charge in [0.05, 0.1) is 7.11 Å². The number of benzene rings is 3. The Morgan fingerprint density at radius 2 is 1.50 bits per heavy atom. The molecule has 142 valence electrons. The van der Waals surface area contributed by atoms with Crippen molar-refractivity contribution >= 4 is 34.7 Å². The number of ether oxygens (including phenoxy) is 2. The van der Waals surface area contributed by atoms with Crippen molar-refractivity contribution in [3.63, 3.8) is 0 Å². The van der Waals surface area contributed by atoms with Gasteiger partial charge < -0.3 is 19.7 Å². The number of hydrogen-bond acceptors (Lipinski definition) is 4. The van der Waals surface area contributed by atoms with Gasteiger partial charge in [0.15, 0.2) is 0 Å². The minimum atomic E-state index is -0.208. The normalized spacial score (nSPS) is 10.1. The lowest BCUT2D eigenvalue weighted by Crippen LogP contribution is -2.29. The topological polar surface area (TPSA) is 50.8 Å². The number of thiocarbonyl (C=S) groups is 1. The number of para-hydroxylation sites is 1. The molecule has 3 rings (SSSR count). The van der Waals surface area contributed by atoms with Gasteiger partial charge >= 0.3 is 0 Å². The number of rotatable bonds is 5. The number of amides is 1. The highest BCUT2D eigenvalue weighted by molar-refractivity contribution is 7.80. The van der Waals surface area contributed by atoms with Crippen LogP contribution in [0, 0.1) is 0 Å². The van der Waals surface area contributed by atoms with E-state index in [9.17, 15) is 4.79 Å². The van der Waals surface area contributed by atoms with Crippen LogP contribution >= 0.6 is 12.2 Å². The van der Waals surface area contributed by atoms with E-state index >= 15 is 0 Å². The summed E-state index contributed by atoms with van der Waals surface area (Å²) in [5, 5.41) is 3.16. The molecule has 0 aliphatic rings. The van der Waals surface area contributed by atoms with Crippen molar-refractivity contribution in [3.8, 4) is 11.5 Å².